The van der Waals surface area contributed by atoms with Crippen LogP contribution in [0.4, 0.5) is 26.3 Å². The number of thioether (sulfide) groups is 1. The van der Waals surface area contributed by atoms with Gasteiger partial charge in [-0.25, -0.2) is 0 Å². The number of epoxide rings is 1. The number of hydrogen-bond acceptors (Lipinski definition) is 2. The lowest BCUT2D eigenvalue weighted by Gasteiger charge is -2.19. The van der Waals surface area contributed by atoms with Gasteiger partial charge in [0.1, 0.15) is 0 Å². The molecule has 0 N–H and O–H groups in total. The fraction of sp³-hybridized carbons (Fsp3) is 0.400. The Bertz CT molecular complexity index is 412. The van der Waals surface area contributed by atoms with Crippen molar-refractivity contribution in [2.24, 2.45) is 0 Å². The van der Waals surface area contributed by atoms with Crippen LogP contribution in [-0.2, 0) is 4.74 Å². The van der Waals surface area contributed by atoms with Crippen molar-refractivity contribution in [1.82, 2.24) is 0 Å². The first-order valence-electron chi connectivity index (χ1n) is 4.71. The fourth-order valence-corrected chi connectivity index (χ4v) is 2.62. The van der Waals surface area contributed by atoms with E-state index in [0.717, 1.165) is 0 Å². The summed E-state index contributed by atoms with van der Waals surface area (Å²) in [7, 11) is 0. The number of halogens is 6. The molecule has 1 fully saturated rings. The van der Waals surface area contributed by atoms with Crippen LogP contribution in [0, 0.1) is 0 Å². The molecular formula is C10H6F6OS. The Hall–Kier alpha value is -0.890. The molecule has 1 aliphatic heterocycles. The maximum absolute atomic E-state index is 12.5. The first-order valence-corrected chi connectivity index (χ1v) is 5.59. The average Bonchev–Trinajstić information content (AvgIpc) is 2.93. The highest BCUT2D eigenvalue weighted by molar-refractivity contribution is 8.00. The third kappa shape index (κ3) is 2.07. The summed E-state index contributed by atoms with van der Waals surface area (Å²) in [6.45, 7) is 0. The summed E-state index contributed by atoms with van der Waals surface area (Å²) in [4.78, 5) is 0.290. The van der Waals surface area contributed by atoms with Crippen molar-refractivity contribution >= 4 is 11.8 Å². The molecular weight excluding hydrogens is 282 g/mol. The number of hydrogen-bond donors (Lipinski definition) is 0. The van der Waals surface area contributed by atoms with Gasteiger partial charge in [0.15, 0.2) is 5.44 Å². The Balaban J connectivity index is 2.19. The lowest BCUT2D eigenvalue weighted by molar-refractivity contribution is -0.291. The summed E-state index contributed by atoms with van der Waals surface area (Å²) in [5, 5.41) is 0. The van der Waals surface area contributed by atoms with Crippen LogP contribution in [0.25, 0.3) is 0 Å². The van der Waals surface area contributed by atoms with Crippen molar-refractivity contribution in [2.75, 3.05) is 0 Å². The number of alkyl halides is 6. The Morgan fingerprint density at radius 3 is 1.83 bits per heavy atom. The highest BCUT2D eigenvalue weighted by Crippen LogP contribution is 2.63. The van der Waals surface area contributed by atoms with Crippen molar-refractivity contribution in [3.63, 3.8) is 0 Å². The Morgan fingerprint density at radius 2 is 1.44 bits per heavy atom. The standard InChI is InChI=1S/C10H6F6OS/c11-9(12,13)8(10(14,15)16)7(17-8)18-6-4-2-1-3-5-6/h1-5,7H. The van der Waals surface area contributed by atoms with Crippen LogP contribution in [0.5, 0.6) is 0 Å². The molecule has 1 aliphatic rings. The van der Waals surface area contributed by atoms with Crippen molar-refractivity contribution in [3.05, 3.63) is 30.3 Å². The van der Waals surface area contributed by atoms with E-state index in [0.29, 0.717) is 11.8 Å². The minimum atomic E-state index is -5.47. The maximum atomic E-state index is 12.5. The molecule has 1 aromatic carbocycles. The van der Waals surface area contributed by atoms with Crippen molar-refractivity contribution < 1.29 is 31.1 Å². The molecule has 1 nitrogen and oxygen atoms in total. The Labute approximate surface area is 102 Å². The molecule has 0 radical (unpaired) electrons. The van der Waals surface area contributed by atoms with Crippen LogP contribution in [0.15, 0.2) is 35.2 Å². The van der Waals surface area contributed by atoms with Gasteiger partial charge in [-0.1, -0.05) is 30.0 Å². The largest absolute Gasteiger partial charge is 0.430 e. The third-order valence-electron chi connectivity index (χ3n) is 2.40. The van der Waals surface area contributed by atoms with Crippen LogP contribution in [0.2, 0.25) is 0 Å². The summed E-state index contributed by atoms with van der Waals surface area (Å²) < 4.78 is 78.9. The Morgan fingerprint density at radius 1 is 0.944 bits per heavy atom. The predicted molar refractivity (Wildman–Crippen MR) is 52.0 cm³/mol. The molecule has 1 saturated heterocycles. The van der Waals surface area contributed by atoms with Crippen LogP contribution < -0.4 is 0 Å². The van der Waals surface area contributed by atoms with E-state index in [4.69, 9.17) is 0 Å². The van der Waals surface area contributed by atoms with Gasteiger partial charge in [-0.05, 0) is 12.1 Å². The maximum Gasteiger partial charge on any atom is 0.430 e. The van der Waals surface area contributed by atoms with E-state index in [1.807, 2.05) is 0 Å². The molecule has 0 bridgehead atoms. The van der Waals surface area contributed by atoms with Gasteiger partial charge in [0.25, 0.3) is 5.60 Å². The van der Waals surface area contributed by atoms with Gasteiger partial charge in [-0.2, -0.15) is 26.3 Å². The minimum Gasteiger partial charge on any atom is -0.337 e. The first kappa shape index (κ1) is 13.5. The van der Waals surface area contributed by atoms with Gasteiger partial charge in [0.05, 0.1) is 0 Å². The summed E-state index contributed by atoms with van der Waals surface area (Å²) in [6.07, 6.45) is -10.9. The molecule has 0 aromatic heterocycles. The highest BCUT2D eigenvalue weighted by atomic mass is 32.2. The zero-order valence-electron chi connectivity index (χ0n) is 8.55. The van der Waals surface area contributed by atoms with Crippen LogP contribution in [0.1, 0.15) is 0 Å². The zero-order valence-corrected chi connectivity index (χ0v) is 9.36. The second-order valence-corrected chi connectivity index (χ2v) is 4.75. The molecule has 1 unspecified atom stereocenters. The molecule has 2 rings (SSSR count). The lowest BCUT2D eigenvalue weighted by Crippen LogP contribution is -2.47. The fourth-order valence-electron chi connectivity index (χ4n) is 1.43. The minimum absolute atomic E-state index is 0.290. The number of rotatable bonds is 2. The second-order valence-electron chi connectivity index (χ2n) is 3.61. The molecule has 18 heavy (non-hydrogen) atoms. The summed E-state index contributed by atoms with van der Waals surface area (Å²) in [6, 6.07) is 7.49. The normalized spacial score (nSPS) is 22.9. The topological polar surface area (TPSA) is 12.5 Å². The molecule has 0 spiro atoms. The molecule has 1 heterocycles. The van der Waals surface area contributed by atoms with Crippen molar-refractivity contribution in [1.29, 1.82) is 0 Å². The summed E-state index contributed by atoms with van der Waals surface area (Å²) >= 11 is 0.408. The van der Waals surface area contributed by atoms with Gasteiger partial charge < -0.3 is 4.74 Å². The predicted octanol–water partition coefficient (Wildman–Crippen LogP) is 4.00. The van der Waals surface area contributed by atoms with Gasteiger partial charge in [0.2, 0.25) is 0 Å². The van der Waals surface area contributed by atoms with E-state index in [9.17, 15) is 26.3 Å². The molecule has 1 atom stereocenters. The quantitative estimate of drug-likeness (QED) is 0.602. The van der Waals surface area contributed by atoms with Crippen molar-refractivity contribution in [2.45, 2.75) is 28.3 Å². The van der Waals surface area contributed by atoms with Crippen LogP contribution in [-0.4, -0.2) is 23.4 Å². The van der Waals surface area contributed by atoms with E-state index in [1.165, 1.54) is 24.3 Å². The van der Waals surface area contributed by atoms with Gasteiger partial charge in [-0.3, -0.25) is 0 Å². The van der Waals surface area contributed by atoms with Crippen LogP contribution >= 0.6 is 11.8 Å². The van der Waals surface area contributed by atoms with E-state index in [1.54, 1.807) is 6.07 Å². The SMILES string of the molecule is FC(F)(F)C1(C(F)(F)F)OC1Sc1ccccc1. The second kappa shape index (κ2) is 4.06. The number of ether oxygens (including phenoxy) is 1. The van der Waals surface area contributed by atoms with E-state index < -0.39 is 23.4 Å². The van der Waals surface area contributed by atoms with Crippen LogP contribution in [0.3, 0.4) is 0 Å². The summed E-state index contributed by atoms with van der Waals surface area (Å²) in [5.74, 6) is 0. The molecule has 100 valence electrons. The first-order chi connectivity index (χ1) is 8.18. The lowest BCUT2D eigenvalue weighted by atomic mass is 10.1. The molecule has 8 heteroatoms. The molecule has 0 amide bonds. The smallest absolute Gasteiger partial charge is 0.337 e. The number of benzene rings is 1. The zero-order chi connectivity index (χ0) is 13.6. The van der Waals surface area contributed by atoms with Gasteiger partial charge >= 0.3 is 12.4 Å². The van der Waals surface area contributed by atoms with E-state index in [2.05, 4.69) is 4.74 Å². The van der Waals surface area contributed by atoms with Gasteiger partial charge in [0, 0.05) is 4.90 Å². The third-order valence-corrected chi connectivity index (χ3v) is 3.58. The average molecular weight is 288 g/mol. The Kier molecular flexibility index (Phi) is 3.05. The van der Waals surface area contributed by atoms with E-state index in [-0.39, 0.29) is 4.90 Å². The van der Waals surface area contributed by atoms with E-state index >= 15 is 0 Å². The monoisotopic (exact) mass is 288 g/mol. The highest BCUT2D eigenvalue weighted by Gasteiger charge is 2.87. The van der Waals surface area contributed by atoms with Crippen molar-refractivity contribution in [3.8, 4) is 0 Å². The molecule has 0 saturated carbocycles. The van der Waals surface area contributed by atoms with Gasteiger partial charge in [-0.15, -0.1) is 0 Å². The summed E-state index contributed by atoms with van der Waals surface area (Å²) in [5.41, 5.74) is -6.03. The molecule has 1 aromatic rings. The molecule has 0 aliphatic carbocycles.